The standard InChI is InChI=1S/C30H62O5Si2/c1-13-33-28(32)24-23-26(31)27(35-37(11,12)30(6,7)8)22-20-18-16-14-15-17-19-21-25(2)34-36(9,10)29(3,4)5/h23-27,31H,13-22H2,1-12H3/b24-23+/t25-,26+,27?/m1/s1. The minimum atomic E-state index is -2.05. The Bertz CT molecular complexity index is 662. The van der Waals surface area contributed by atoms with Gasteiger partial charge in [0.05, 0.1) is 18.8 Å². The Kier molecular flexibility index (Phi) is 16.4. The molecule has 0 fully saturated rings. The van der Waals surface area contributed by atoms with Crippen LogP contribution in [-0.2, 0) is 18.4 Å². The summed E-state index contributed by atoms with van der Waals surface area (Å²) in [7, 11) is -3.71. The van der Waals surface area contributed by atoms with Crippen molar-refractivity contribution in [1.29, 1.82) is 0 Å². The highest BCUT2D eigenvalue weighted by Crippen LogP contribution is 2.39. The Morgan fingerprint density at radius 3 is 1.68 bits per heavy atom. The van der Waals surface area contributed by atoms with E-state index < -0.39 is 28.7 Å². The number of aliphatic hydroxyl groups is 1. The van der Waals surface area contributed by atoms with Crippen LogP contribution in [0.5, 0.6) is 0 Å². The molecule has 0 aromatic rings. The first kappa shape index (κ1) is 36.5. The van der Waals surface area contributed by atoms with Gasteiger partial charge in [-0.3, -0.25) is 0 Å². The van der Waals surface area contributed by atoms with E-state index in [4.69, 9.17) is 13.6 Å². The molecule has 0 aromatic heterocycles. The number of hydrogen-bond acceptors (Lipinski definition) is 5. The van der Waals surface area contributed by atoms with E-state index in [9.17, 15) is 9.90 Å². The molecule has 0 aromatic carbocycles. The van der Waals surface area contributed by atoms with Crippen LogP contribution in [0.15, 0.2) is 12.2 Å². The zero-order valence-electron chi connectivity index (χ0n) is 26.5. The smallest absolute Gasteiger partial charge is 0.330 e. The molecule has 0 rings (SSSR count). The lowest BCUT2D eigenvalue weighted by Gasteiger charge is -2.40. The van der Waals surface area contributed by atoms with Crippen LogP contribution in [0.1, 0.15) is 113 Å². The van der Waals surface area contributed by atoms with E-state index >= 15 is 0 Å². The second-order valence-corrected chi connectivity index (χ2v) is 23.3. The fraction of sp³-hybridized carbons (Fsp3) is 0.900. The van der Waals surface area contributed by atoms with Crippen LogP contribution in [0.2, 0.25) is 36.3 Å². The summed E-state index contributed by atoms with van der Waals surface area (Å²) in [6.07, 6.45) is 12.4. The van der Waals surface area contributed by atoms with Gasteiger partial charge in [0, 0.05) is 12.2 Å². The van der Waals surface area contributed by atoms with Crippen LogP contribution < -0.4 is 0 Å². The number of unbranched alkanes of at least 4 members (excludes halogenated alkanes) is 6. The predicted molar refractivity (Wildman–Crippen MR) is 163 cm³/mol. The van der Waals surface area contributed by atoms with E-state index in [1.54, 1.807) is 6.92 Å². The summed E-state index contributed by atoms with van der Waals surface area (Å²) in [6, 6.07) is 0. The summed E-state index contributed by atoms with van der Waals surface area (Å²) in [5, 5.41) is 11.1. The highest BCUT2D eigenvalue weighted by atomic mass is 28.4. The molecule has 0 saturated carbocycles. The normalized spacial score (nSPS) is 16.1. The van der Waals surface area contributed by atoms with E-state index in [1.807, 2.05) is 0 Å². The lowest BCUT2D eigenvalue weighted by Crippen LogP contribution is -2.46. The molecule has 3 atom stereocenters. The minimum absolute atomic E-state index is 0.0586. The van der Waals surface area contributed by atoms with E-state index in [-0.39, 0.29) is 16.2 Å². The zero-order chi connectivity index (χ0) is 28.9. The third kappa shape index (κ3) is 15.0. The summed E-state index contributed by atoms with van der Waals surface area (Å²) in [6.45, 7) is 26.9. The van der Waals surface area contributed by atoms with Crippen LogP contribution in [0.3, 0.4) is 0 Å². The van der Waals surface area contributed by atoms with Gasteiger partial charge in [-0.2, -0.15) is 0 Å². The second-order valence-electron chi connectivity index (χ2n) is 13.8. The summed E-state index contributed by atoms with van der Waals surface area (Å²) < 4.78 is 18.0. The van der Waals surface area contributed by atoms with Crippen molar-refractivity contribution in [2.45, 2.75) is 168 Å². The molecule has 0 bridgehead atoms. The molecule has 0 saturated heterocycles. The van der Waals surface area contributed by atoms with Crippen molar-refractivity contribution in [2.75, 3.05) is 6.61 Å². The first-order valence-corrected chi connectivity index (χ1v) is 20.5. The molecular formula is C30H62O5Si2. The molecule has 0 heterocycles. The van der Waals surface area contributed by atoms with Crippen LogP contribution in [0.25, 0.3) is 0 Å². The molecule has 1 N–H and O–H groups in total. The molecular weight excluding hydrogens is 496 g/mol. The van der Waals surface area contributed by atoms with Gasteiger partial charge in [0.2, 0.25) is 0 Å². The molecule has 5 nitrogen and oxygen atoms in total. The Morgan fingerprint density at radius 2 is 1.22 bits per heavy atom. The predicted octanol–water partition coefficient (Wildman–Crippen LogP) is 8.78. The number of carbonyl (C=O) groups excluding carboxylic acids is 1. The Labute approximate surface area is 232 Å². The van der Waals surface area contributed by atoms with Crippen molar-refractivity contribution < 1.29 is 23.5 Å². The molecule has 0 aliphatic rings. The SMILES string of the molecule is CCOC(=O)/C=C/[C@H](O)C(CCCCCCCCC[C@@H](C)O[Si](C)(C)C(C)(C)C)O[Si](C)(C)C(C)(C)C. The monoisotopic (exact) mass is 558 g/mol. The average Bonchev–Trinajstić information content (AvgIpc) is 2.73. The van der Waals surface area contributed by atoms with E-state index in [0.717, 1.165) is 25.7 Å². The van der Waals surface area contributed by atoms with Gasteiger partial charge in [-0.05, 0) is 69.0 Å². The van der Waals surface area contributed by atoms with Gasteiger partial charge in [-0.15, -0.1) is 0 Å². The first-order valence-electron chi connectivity index (χ1n) is 14.7. The quantitative estimate of drug-likeness (QED) is 0.0788. The molecule has 37 heavy (non-hydrogen) atoms. The van der Waals surface area contributed by atoms with Gasteiger partial charge < -0.3 is 18.7 Å². The number of ether oxygens (including phenoxy) is 1. The summed E-state index contributed by atoms with van der Waals surface area (Å²) in [4.78, 5) is 11.7. The lowest BCUT2D eigenvalue weighted by molar-refractivity contribution is -0.137. The van der Waals surface area contributed by atoms with Crippen LogP contribution in [-0.4, -0.2) is 52.6 Å². The molecule has 0 aliphatic heterocycles. The molecule has 220 valence electrons. The van der Waals surface area contributed by atoms with E-state index in [1.165, 1.54) is 44.3 Å². The van der Waals surface area contributed by atoms with Gasteiger partial charge in [-0.25, -0.2) is 4.79 Å². The van der Waals surface area contributed by atoms with Gasteiger partial charge in [0.15, 0.2) is 16.6 Å². The third-order valence-electron chi connectivity index (χ3n) is 8.25. The summed E-state index contributed by atoms with van der Waals surface area (Å²) >= 11 is 0. The zero-order valence-corrected chi connectivity index (χ0v) is 28.5. The molecule has 0 aliphatic carbocycles. The van der Waals surface area contributed by atoms with Crippen LogP contribution in [0, 0.1) is 0 Å². The molecule has 7 heteroatoms. The van der Waals surface area contributed by atoms with Crippen molar-refractivity contribution in [1.82, 2.24) is 0 Å². The lowest BCUT2D eigenvalue weighted by atomic mass is 10.0. The maximum absolute atomic E-state index is 11.7. The fourth-order valence-electron chi connectivity index (χ4n) is 3.75. The number of esters is 1. The molecule has 1 unspecified atom stereocenters. The second kappa shape index (κ2) is 16.6. The Morgan fingerprint density at radius 1 is 0.784 bits per heavy atom. The fourth-order valence-corrected chi connectivity index (χ4v) is 6.59. The van der Waals surface area contributed by atoms with E-state index in [0.29, 0.717) is 12.7 Å². The molecule has 0 radical (unpaired) electrons. The summed E-state index contributed by atoms with van der Waals surface area (Å²) in [5.74, 6) is -0.423. The Balaban J connectivity index is 4.48. The van der Waals surface area contributed by atoms with Crippen molar-refractivity contribution in [3.05, 3.63) is 12.2 Å². The van der Waals surface area contributed by atoms with Gasteiger partial charge in [-0.1, -0.05) is 86.5 Å². The Hall–Kier alpha value is -0.476. The van der Waals surface area contributed by atoms with Crippen molar-refractivity contribution in [3.8, 4) is 0 Å². The molecule has 0 amide bonds. The van der Waals surface area contributed by atoms with Gasteiger partial charge in [0.1, 0.15) is 0 Å². The highest BCUT2D eigenvalue weighted by molar-refractivity contribution is 6.74. The third-order valence-corrected chi connectivity index (χ3v) is 17.4. The maximum Gasteiger partial charge on any atom is 0.330 e. The minimum Gasteiger partial charge on any atom is -0.463 e. The number of rotatable bonds is 18. The summed E-state index contributed by atoms with van der Waals surface area (Å²) in [5.41, 5.74) is 0. The topological polar surface area (TPSA) is 65.0 Å². The highest BCUT2D eigenvalue weighted by Gasteiger charge is 2.40. The largest absolute Gasteiger partial charge is 0.463 e. The number of hydrogen-bond donors (Lipinski definition) is 1. The van der Waals surface area contributed by atoms with Gasteiger partial charge in [0.25, 0.3) is 0 Å². The number of carbonyl (C=O) groups is 1. The number of aliphatic hydroxyl groups excluding tert-OH is 1. The van der Waals surface area contributed by atoms with Crippen molar-refractivity contribution >= 4 is 22.6 Å². The van der Waals surface area contributed by atoms with E-state index in [2.05, 4.69) is 74.7 Å². The molecule has 0 spiro atoms. The maximum atomic E-state index is 11.7. The van der Waals surface area contributed by atoms with Crippen LogP contribution in [0.4, 0.5) is 0 Å². The van der Waals surface area contributed by atoms with Gasteiger partial charge >= 0.3 is 5.97 Å². The van der Waals surface area contributed by atoms with Crippen LogP contribution >= 0.6 is 0 Å². The van der Waals surface area contributed by atoms with Crippen molar-refractivity contribution in [3.63, 3.8) is 0 Å². The van der Waals surface area contributed by atoms with Crippen molar-refractivity contribution in [2.24, 2.45) is 0 Å². The first-order chi connectivity index (χ1) is 16.8. The average molecular weight is 559 g/mol.